The van der Waals surface area contributed by atoms with Gasteiger partial charge in [-0.2, -0.15) is 5.10 Å². The second kappa shape index (κ2) is 8.36. The molecule has 0 unspecified atom stereocenters. The molecule has 1 aromatic carbocycles. The number of fused-ring (bicyclic) bond motifs is 1. The summed E-state index contributed by atoms with van der Waals surface area (Å²) in [7, 11) is -3.28. The van der Waals surface area contributed by atoms with Crippen molar-refractivity contribution < 1.29 is 17.9 Å². The molecule has 2 aliphatic heterocycles. The Hall–Kier alpha value is -3.08. The lowest BCUT2D eigenvalue weighted by atomic mass is 9.93. The van der Waals surface area contributed by atoms with Crippen LogP contribution in [0.2, 0.25) is 0 Å². The quantitative estimate of drug-likeness (QED) is 0.566. The Morgan fingerprint density at radius 2 is 2.06 bits per heavy atom. The fourth-order valence-corrected chi connectivity index (χ4v) is 5.02. The summed E-state index contributed by atoms with van der Waals surface area (Å²) < 4.78 is 30.1. The normalized spacial score (nSPS) is 18.8. The first-order valence-corrected chi connectivity index (χ1v) is 12.6. The number of pyridine rings is 1. The number of nitrogens with zero attached hydrogens (tertiary/aromatic N) is 4. The second-order valence-corrected chi connectivity index (χ2v) is 10.6. The van der Waals surface area contributed by atoms with E-state index in [0.717, 1.165) is 49.1 Å². The lowest BCUT2D eigenvalue weighted by Gasteiger charge is -2.34. The molecule has 1 N–H and O–H groups in total. The minimum Gasteiger partial charge on any atom is -0.457 e. The maximum absolute atomic E-state index is 11.8. The first-order valence-electron chi connectivity index (χ1n) is 10.7. The molecule has 3 aromatic rings. The number of ether oxygens (including phenoxy) is 1. The zero-order chi connectivity index (χ0) is 23.2. The van der Waals surface area contributed by atoms with Crippen molar-refractivity contribution in [3.8, 4) is 5.82 Å². The number of piperazine rings is 1. The van der Waals surface area contributed by atoms with Crippen LogP contribution >= 0.6 is 0 Å². The molecule has 33 heavy (non-hydrogen) atoms. The highest BCUT2D eigenvalue weighted by atomic mass is 32.2. The standard InChI is InChI=1S/C23H25N5O4S/c1-15-18(4-5-19-20(15)14-32-23(19)29)21-13-27(8-7-24-21)11-16-9-26-28(12-16)22-6-3-17(10-25-22)33(2,30)31/h3-6,9-10,12,21,24H,7-8,11,13-14H2,1-2H3/t21-/m0/s1. The van der Waals surface area contributed by atoms with Gasteiger partial charge < -0.3 is 10.1 Å². The zero-order valence-electron chi connectivity index (χ0n) is 18.5. The highest BCUT2D eigenvalue weighted by Crippen LogP contribution is 2.30. The fraction of sp³-hybridized carbons (Fsp3) is 0.348. The van der Waals surface area contributed by atoms with Gasteiger partial charge in [-0.3, -0.25) is 4.90 Å². The van der Waals surface area contributed by atoms with Crippen molar-refractivity contribution in [2.45, 2.75) is 31.0 Å². The number of nitrogens with one attached hydrogen (secondary N) is 1. The van der Waals surface area contributed by atoms with E-state index in [-0.39, 0.29) is 16.9 Å². The molecule has 1 atom stereocenters. The Kier molecular flexibility index (Phi) is 5.51. The van der Waals surface area contributed by atoms with E-state index < -0.39 is 9.84 Å². The molecule has 0 amide bonds. The summed E-state index contributed by atoms with van der Waals surface area (Å²) in [5, 5.41) is 7.99. The van der Waals surface area contributed by atoms with E-state index in [1.165, 1.54) is 17.8 Å². The van der Waals surface area contributed by atoms with Crippen molar-refractivity contribution >= 4 is 15.8 Å². The maximum Gasteiger partial charge on any atom is 0.338 e. The summed E-state index contributed by atoms with van der Waals surface area (Å²) in [6.07, 6.45) is 6.24. The molecule has 10 heteroatoms. The van der Waals surface area contributed by atoms with Crippen molar-refractivity contribution in [3.05, 3.63) is 70.7 Å². The average Bonchev–Trinajstić information content (AvgIpc) is 3.41. The predicted octanol–water partition coefficient (Wildman–Crippen LogP) is 1.80. The molecule has 0 bridgehead atoms. The maximum atomic E-state index is 11.8. The number of carbonyl (C=O) groups excluding carboxylic acids is 1. The molecule has 5 rings (SSSR count). The van der Waals surface area contributed by atoms with Gasteiger partial charge in [0.15, 0.2) is 15.7 Å². The molecular weight excluding hydrogens is 442 g/mol. The minimum atomic E-state index is -3.28. The Balaban J connectivity index is 1.28. The molecule has 9 nitrogen and oxygen atoms in total. The van der Waals surface area contributed by atoms with E-state index in [1.54, 1.807) is 10.7 Å². The van der Waals surface area contributed by atoms with Crippen LogP contribution < -0.4 is 5.32 Å². The van der Waals surface area contributed by atoms with Crippen LogP contribution in [0.5, 0.6) is 0 Å². The number of sulfone groups is 1. The third kappa shape index (κ3) is 4.29. The van der Waals surface area contributed by atoms with Crippen LogP contribution in [0, 0.1) is 6.92 Å². The van der Waals surface area contributed by atoms with Gasteiger partial charge in [0.1, 0.15) is 6.61 Å². The average molecular weight is 468 g/mol. The summed E-state index contributed by atoms with van der Waals surface area (Å²) in [5.41, 5.74) is 5.03. The van der Waals surface area contributed by atoms with Gasteiger partial charge >= 0.3 is 5.97 Å². The number of hydrogen-bond acceptors (Lipinski definition) is 8. The van der Waals surface area contributed by atoms with Crippen LogP contribution in [0.3, 0.4) is 0 Å². The van der Waals surface area contributed by atoms with Crippen LogP contribution in [0.25, 0.3) is 5.82 Å². The molecule has 1 fully saturated rings. The highest BCUT2D eigenvalue weighted by Gasteiger charge is 2.28. The molecule has 0 radical (unpaired) electrons. The number of cyclic esters (lactones) is 1. The molecule has 1 saturated heterocycles. The SMILES string of the molecule is Cc1c([C@@H]2CN(Cc3cnn(-c4ccc(S(C)(=O)=O)cn4)c3)CCN2)ccc2c1COC2=O. The van der Waals surface area contributed by atoms with Crippen molar-refractivity contribution in [1.82, 2.24) is 25.0 Å². The third-order valence-corrected chi connectivity index (χ3v) is 7.37. The molecule has 2 aromatic heterocycles. The highest BCUT2D eigenvalue weighted by molar-refractivity contribution is 7.90. The molecule has 2 aliphatic rings. The molecule has 0 saturated carbocycles. The Bertz CT molecular complexity index is 1320. The number of aromatic nitrogens is 3. The topological polar surface area (TPSA) is 106 Å². The van der Waals surface area contributed by atoms with Gasteiger partial charge in [0.05, 0.1) is 16.7 Å². The number of rotatable bonds is 5. The summed E-state index contributed by atoms with van der Waals surface area (Å²) in [4.78, 5) is 18.6. The molecular formula is C23H25N5O4S. The minimum absolute atomic E-state index is 0.167. The van der Waals surface area contributed by atoms with Crippen LogP contribution in [-0.2, 0) is 27.7 Å². The van der Waals surface area contributed by atoms with Gasteiger partial charge in [-0.05, 0) is 36.2 Å². The van der Waals surface area contributed by atoms with Gasteiger partial charge in [0, 0.05) is 62.0 Å². The third-order valence-electron chi connectivity index (χ3n) is 6.27. The van der Waals surface area contributed by atoms with E-state index in [1.807, 2.05) is 24.5 Å². The van der Waals surface area contributed by atoms with E-state index in [0.29, 0.717) is 18.0 Å². The monoisotopic (exact) mass is 467 g/mol. The number of hydrogen-bond donors (Lipinski definition) is 1. The Labute approximate surface area is 192 Å². The van der Waals surface area contributed by atoms with Crippen LogP contribution in [0.1, 0.15) is 38.7 Å². The molecule has 0 aliphatic carbocycles. The predicted molar refractivity (Wildman–Crippen MR) is 121 cm³/mol. The first kappa shape index (κ1) is 21.7. The van der Waals surface area contributed by atoms with E-state index in [4.69, 9.17) is 4.74 Å². The van der Waals surface area contributed by atoms with Gasteiger partial charge in [0.25, 0.3) is 0 Å². The zero-order valence-corrected chi connectivity index (χ0v) is 19.3. The van der Waals surface area contributed by atoms with Gasteiger partial charge in [-0.25, -0.2) is 22.9 Å². The second-order valence-electron chi connectivity index (χ2n) is 8.54. The number of esters is 1. The van der Waals surface area contributed by atoms with Crippen molar-refractivity contribution in [2.24, 2.45) is 0 Å². The van der Waals surface area contributed by atoms with Crippen LogP contribution in [0.15, 0.2) is 47.8 Å². The summed E-state index contributed by atoms with van der Waals surface area (Å²) in [6, 6.07) is 7.27. The lowest BCUT2D eigenvalue weighted by molar-refractivity contribution is 0.0535. The van der Waals surface area contributed by atoms with Crippen molar-refractivity contribution in [2.75, 3.05) is 25.9 Å². The van der Waals surface area contributed by atoms with Crippen molar-refractivity contribution in [3.63, 3.8) is 0 Å². The summed E-state index contributed by atoms with van der Waals surface area (Å²) in [6.45, 7) is 5.76. The fourth-order valence-electron chi connectivity index (χ4n) is 4.46. The largest absolute Gasteiger partial charge is 0.457 e. The molecule has 4 heterocycles. The van der Waals surface area contributed by atoms with Crippen LogP contribution in [0.4, 0.5) is 0 Å². The smallest absolute Gasteiger partial charge is 0.338 e. The van der Waals surface area contributed by atoms with E-state index in [9.17, 15) is 13.2 Å². The summed E-state index contributed by atoms with van der Waals surface area (Å²) in [5.74, 6) is 0.327. The van der Waals surface area contributed by atoms with Crippen molar-refractivity contribution in [1.29, 1.82) is 0 Å². The Morgan fingerprint density at radius 3 is 2.82 bits per heavy atom. The molecule has 172 valence electrons. The van der Waals surface area contributed by atoms with Gasteiger partial charge in [0.2, 0.25) is 0 Å². The van der Waals surface area contributed by atoms with Gasteiger partial charge in [-0.15, -0.1) is 0 Å². The first-order chi connectivity index (χ1) is 15.8. The van der Waals surface area contributed by atoms with E-state index in [2.05, 4.69) is 27.2 Å². The Morgan fingerprint density at radius 1 is 1.21 bits per heavy atom. The number of carbonyl (C=O) groups is 1. The van der Waals surface area contributed by atoms with E-state index >= 15 is 0 Å². The summed E-state index contributed by atoms with van der Waals surface area (Å²) >= 11 is 0. The number of benzene rings is 1. The van der Waals surface area contributed by atoms with Crippen LogP contribution in [-0.4, -0.2) is 59.9 Å². The molecule has 0 spiro atoms. The van der Waals surface area contributed by atoms with Gasteiger partial charge in [-0.1, -0.05) is 6.07 Å². The lowest BCUT2D eigenvalue weighted by Crippen LogP contribution is -2.45.